The number of carbonyl (C=O) groups is 1. The Hall–Kier alpha value is -3.77. The summed E-state index contributed by atoms with van der Waals surface area (Å²) in [5.74, 6) is 0.659. The van der Waals surface area contributed by atoms with Gasteiger partial charge in [0.1, 0.15) is 11.9 Å². The summed E-state index contributed by atoms with van der Waals surface area (Å²) in [6, 6.07) is 21.7. The zero-order chi connectivity index (χ0) is 24.1. The van der Waals surface area contributed by atoms with Gasteiger partial charge in [-0.15, -0.1) is 0 Å². The lowest BCUT2D eigenvalue weighted by Crippen LogP contribution is -2.35. The van der Waals surface area contributed by atoms with Crippen LogP contribution in [0.2, 0.25) is 0 Å². The lowest BCUT2D eigenvalue weighted by atomic mass is 9.98. The Morgan fingerprint density at radius 2 is 1.71 bits per heavy atom. The van der Waals surface area contributed by atoms with Gasteiger partial charge in [0.2, 0.25) is 5.91 Å². The van der Waals surface area contributed by atoms with Crippen LogP contribution < -0.4 is 10.6 Å². The summed E-state index contributed by atoms with van der Waals surface area (Å²) in [5, 5.41) is 10.7. The number of carbonyl (C=O) groups excluding carboxylic acids is 1. The highest BCUT2D eigenvalue weighted by Crippen LogP contribution is 2.24. The van der Waals surface area contributed by atoms with E-state index in [0.29, 0.717) is 12.4 Å². The first kappa shape index (κ1) is 23.4. The highest BCUT2D eigenvalue weighted by atomic mass is 16.2. The van der Waals surface area contributed by atoms with Crippen LogP contribution in [-0.2, 0) is 11.8 Å². The van der Waals surface area contributed by atoms with Gasteiger partial charge >= 0.3 is 0 Å². The summed E-state index contributed by atoms with van der Waals surface area (Å²) in [6.07, 6.45) is 3.76. The summed E-state index contributed by atoms with van der Waals surface area (Å²) in [5.41, 5.74) is 6.23. The fraction of sp³-hybridized carbons (Fsp3) is 0.250. The lowest BCUT2D eigenvalue weighted by molar-refractivity contribution is -0.118. The average molecular weight is 454 g/mol. The van der Waals surface area contributed by atoms with Crippen LogP contribution in [0.25, 0.3) is 11.1 Å². The smallest absolute Gasteiger partial charge is 0.247 e. The van der Waals surface area contributed by atoms with Crippen molar-refractivity contribution >= 4 is 11.7 Å². The number of hydrogen-bond donors (Lipinski definition) is 2. The quantitative estimate of drug-likeness (QED) is 0.386. The zero-order valence-corrected chi connectivity index (χ0v) is 20.1. The van der Waals surface area contributed by atoms with E-state index in [1.54, 1.807) is 4.68 Å². The van der Waals surface area contributed by atoms with Crippen molar-refractivity contribution in [3.63, 3.8) is 0 Å². The van der Waals surface area contributed by atoms with Crippen molar-refractivity contribution in [1.29, 1.82) is 0 Å². The molecule has 6 heteroatoms. The molecule has 174 valence electrons. The van der Waals surface area contributed by atoms with Crippen LogP contribution in [0.4, 0.5) is 5.82 Å². The van der Waals surface area contributed by atoms with E-state index in [1.807, 2.05) is 68.8 Å². The van der Waals surface area contributed by atoms with Crippen molar-refractivity contribution in [2.75, 3.05) is 11.9 Å². The predicted octanol–water partition coefficient (Wildman–Crippen LogP) is 5.17. The van der Waals surface area contributed by atoms with Gasteiger partial charge in [0, 0.05) is 36.6 Å². The maximum absolute atomic E-state index is 13.3. The number of nitrogens with one attached hydrogen (secondary N) is 2. The molecule has 0 saturated heterocycles. The molecule has 34 heavy (non-hydrogen) atoms. The lowest BCUT2D eigenvalue weighted by Gasteiger charge is -2.21. The van der Waals surface area contributed by atoms with E-state index in [2.05, 4.69) is 58.8 Å². The first-order valence-corrected chi connectivity index (χ1v) is 11.5. The number of benzene rings is 2. The molecule has 2 atom stereocenters. The Balaban J connectivity index is 1.49. The SMILES string of the molecule is Cc1ccc([C@H](C)CN[C@@H](C(=O)Nc2ccc(-c3cnn(C)c3)c(C)n2)c2ccccc2)cc1. The topological polar surface area (TPSA) is 71.8 Å². The minimum Gasteiger partial charge on any atom is -0.309 e. The maximum atomic E-state index is 13.3. The van der Waals surface area contributed by atoms with Gasteiger partial charge in [-0.1, -0.05) is 67.1 Å². The van der Waals surface area contributed by atoms with Gasteiger partial charge in [0.05, 0.1) is 6.20 Å². The van der Waals surface area contributed by atoms with Gasteiger partial charge in [-0.3, -0.25) is 9.48 Å². The van der Waals surface area contributed by atoms with Crippen molar-refractivity contribution in [3.8, 4) is 11.1 Å². The van der Waals surface area contributed by atoms with E-state index < -0.39 is 6.04 Å². The van der Waals surface area contributed by atoms with E-state index in [9.17, 15) is 4.79 Å². The van der Waals surface area contributed by atoms with Gasteiger partial charge in [-0.2, -0.15) is 5.10 Å². The minimum atomic E-state index is -0.491. The molecule has 0 spiro atoms. The molecule has 0 fully saturated rings. The third-order valence-electron chi connectivity index (χ3n) is 6.02. The Bertz CT molecular complexity index is 1250. The molecule has 4 rings (SSSR count). The second-order valence-electron chi connectivity index (χ2n) is 8.79. The van der Waals surface area contributed by atoms with Gasteiger partial charge in [-0.05, 0) is 43.0 Å². The molecule has 0 aliphatic heterocycles. The fourth-order valence-corrected chi connectivity index (χ4v) is 4.01. The molecule has 2 aromatic heterocycles. The minimum absolute atomic E-state index is 0.136. The van der Waals surface area contributed by atoms with Crippen LogP contribution in [0.15, 0.2) is 79.1 Å². The first-order valence-electron chi connectivity index (χ1n) is 11.5. The first-order chi connectivity index (χ1) is 16.4. The highest BCUT2D eigenvalue weighted by Gasteiger charge is 2.22. The normalized spacial score (nSPS) is 12.8. The molecule has 0 radical (unpaired) electrons. The number of pyridine rings is 1. The summed E-state index contributed by atoms with van der Waals surface area (Å²) < 4.78 is 1.76. The number of aryl methyl sites for hydroxylation is 3. The molecule has 2 aromatic carbocycles. The summed E-state index contributed by atoms with van der Waals surface area (Å²) in [4.78, 5) is 18.0. The number of anilines is 1. The van der Waals surface area contributed by atoms with E-state index in [1.165, 1.54) is 11.1 Å². The largest absolute Gasteiger partial charge is 0.309 e. The Kier molecular flexibility index (Phi) is 7.18. The number of nitrogens with zero attached hydrogens (tertiary/aromatic N) is 3. The van der Waals surface area contributed by atoms with E-state index in [4.69, 9.17) is 0 Å². The average Bonchev–Trinajstić information content (AvgIpc) is 3.26. The molecular formula is C28H31N5O. The van der Waals surface area contributed by atoms with Gasteiger partial charge in [0.15, 0.2) is 0 Å². The van der Waals surface area contributed by atoms with Crippen molar-refractivity contribution in [3.05, 3.63) is 102 Å². The van der Waals surface area contributed by atoms with Crippen LogP contribution >= 0.6 is 0 Å². The number of rotatable bonds is 8. The van der Waals surface area contributed by atoms with Gasteiger partial charge in [-0.25, -0.2) is 4.98 Å². The third kappa shape index (κ3) is 5.58. The number of hydrogen-bond acceptors (Lipinski definition) is 4. The van der Waals surface area contributed by atoms with Crippen molar-refractivity contribution in [1.82, 2.24) is 20.1 Å². The number of aromatic nitrogens is 3. The number of amides is 1. The summed E-state index contributed by atoms with van der Waals surface area (Å²) in [7, 11) is 1.89. The zero-order valence-electron chi connectivity index (χ0n) is 20.1. The van der Waals surface area contributed by atoms with Crippen molar-refractivity contribution in [2.24, 2.45) is 7.05 Å². The Labute approximate surface area is 201 Å². The molecule has 1 amide bonds. The Morgan fingerprint density at radius 3 is 2.35 bits per heavy atom. The highest BCUT2D eigenvalue weighted by molar-refractivity contribution is 5.95. The summed E-state index contributed by atoms with van der Waals surface area (Å²) in [6.45, 7) is 6.86. The van der Waals surface area contributed by atoms with E-state index in [0.717, 1.165) is 22.4 Å². The van der Waals surface area contributed by atoms with Crippen LogP contribution in [0.3, 0.4) is 0 Å². The molecule has 2 heterocycles. The molecule has 6 nitrogen and oxygen atoms in total. The Morgan fingerprint density at radius 1 is 0.971 bits per heavy atom. The van der Waals surface area contributed by atoms with Gasteiger partial charge < -0.3 is 10.6 Å². The fourth-order valence-electron chi connectivity index (χ4n) is 4.01. The van der Waals surface area contributed by atoms with E-state index in [-0.39, 0.29) is 11.8 Å². The van der Waals surface area contributed by atoms with Crippen LogP contribution in [0.5, 0.6) is 0 Å². The molecule has 4 aromatic rings. The van der Waals surface area contributed by atoms with Crippen molar-refractivity contribution in [2.45, 2.75) is 32.7 Å². The van der Waals surface area contributed by atoms with Crippen LogP contribution in [0, 0.1) is 13.8 Å². The van der Waals surface area contributed by atoms with E-state index >= 15 is 0 Å². The molecular weight excluding hydrogens is 422 g/mol. The molecule has 0 unspecified atom stereocenters. The van der Waals surface area contributed by atoms with Crippen LogP contribution in [-0.4, -0.2) is 27.2 Å². The van der Waals surface area contributed by atoms with Gasteiger partial charge in [0.25, 0.3) is 0 Å². The monoisotopic (exact) mass is 453 g/mol. The second-order valence-corrected chi connectivity index (χ2v) is 8.79. The molecule has 0 aliphatic carbocycles. The maximum Gasteiger partial charge on any atom is 0.247 e. The molecule has 2 N–H and O–H groups in total. The van der Waals surface area contributed by atoms with Crippen LogP contribution in [0.1, 0.15) is 41.3 Å². The molecule has 0 saturated carbocycles. The molecule has 0 bridgehead atoms. The third-order valence-corrected chi connectivity index (χ3v) is 6.02. The standard InChI is InChI=1S/C28H31N5O/c1-19-10-12-22(13-11-19)20(2)16-29-27(23-8-6-5-7-9-23)28(34)32-26-15-14-25(21(3)31-26)24-17-30-33(4)18-24/h5-15,17-18,20,27,29H,16H2,1-4H3,(H,31,32,34)/t20-,27-/m1/s1. The van der Waals surface area contributed by atoms with Crippen molar-refractivity contribution < 1.29 is 4.79 Å². The molecule has 0 aliphatic rings. The second kappa shape index (κ2) is 10.4. The summed E-state index contributed by atoms with van der Waals surface area (Å²) >= 11 is 0. The predicted molar refractivity (Wildman–Crippen MR) is 137 cm³/mol.